The van der Waals surface area contributed by atoms with Crippen LogP contribution in [0, 0.1) is 5.92 Å². The molecule has 0 spiro atoms. The van der Waals surface area contributed by atoms with Crippen molar-refractivity contribution in [3.63, 3.8) is 0 Å². The summed E-state index contributed by atoms with van der Waals surface area (Å²) < 4.78 is 0. The minimum atomic E-state index is 0.0438. The number of carbonyl (C=O) groups is 1. The van der Waals surface area contributed by atoms with Crippen molar-refractivity contribution in [3.05, 3.63) is 53.7 Å². The first kappa shape index (κ1) is 15.0. The molecule has 1 heterocycles. The van der Waals surface area contributed by atoms with E-state index in [1.807, 2.05) is 24.3 Å². The summed E-state index contributed by atoms with van der Waals surface area (Å²) in [4.78, 5) is 16.1. The van der Waals surface area contributed by atoms with Crippen molar-refractivity contribution < 1.29 is 9.90 Å². The van der Waals surface area contributed by atoms with Gasteiger partial charge in [-0.2, -0.15) is 0 Å². The third-order valence-corrected chi connectivity index (χ3v) is 4.43. The summed E-state index contributed by atoms with van der Waals surface area (Å²) in [5, 5.41) is 15.4. The third kappa shape index (κ3) is 2.93. The van der Waals surface area contributed by atoms with Crippen LogP contribution in [0.5, 0.6) is 5.75 Å². The molecule has 2 aromatic carbocycles. The van der Waals surface area contributed by atoms with Gasteiger partial charge in [-0.3, -0.25) is 4.79 Å². The first-order valence-electron chi connectivity index (χ1n) is 7.80. The van der Waals surface area contributed by atoms with Gasteiger partial charge in [0.1, 0.15) is 11.6 Å². The van der Waals surface area contributed by atoms with E-state index in [0.29, 0.717) is 16.4 Å². The van der Waals surface area contributed by atoms with Crippen LogP contribution in [0.1, 0.15) is 12.8 Å². The van der Waals surface area contributed by atoms with E-state index in [4.69, 9.17) is 11.6 Å². The highest BCUT2D eigenvalue weighted by atomic mass is 35.5. The van der Waals surface area contributed by atoms with E-state index in [1.165, 1.54) is 0 Å². The van der Waals surface area contributed by atoms with Crippen molar-refractivity contribution in [1.29, 1.82) is 0 Å². The lowest BCUT2D eigenvalue weighted by Crippen LogP contribution is -2.14. The molecule has 0 atom stereocenters. The molecule has 1 aliphatic carbocycles. The molecule has 0 aliphatic heterocycles. The molecular formula is C19H15ClN2O2. The number of hydrogen-bond acceptors (Lipinski definition) is 3. The first-order valence-corrected chi connectivity index (χ1v) is 8.17. The molecule has 120 valence electrons. The Morgan fingerprint density at radius 3 is 2.75 bits per heavy atom. The Morgan fingerprint density at radius 2 is 1.96 bits per heavy atom. The second kappa shape index (κ2) is 5.80. The number of nitrogens with zero attached hydrogens (tertiary/aromatic N) is 1. The summed E-state index contributed by atoms with van der Waals surface area (Å²) in [6.07, 6.45) is 3.65. The first-order chi connectivity index (χ1) is 11.6. The number of halogens is 1. The SMILES string of the molecule is O=C(Nc1cc2ccc(-c3cc(Cl)ccc3O)cc2cn1)C1CC1. The van der Waals surface area contributed by atoms with E-state index in [0.717, 1.165) is 29.2 Å². The van der Waals surface area contributed by atoms with Crippen LogP contribution in [-0.4, -0.2) is 16.0 Å². The smallest absolute Gasteiger partial charge is 0.228 e. The van der Waals surface area contributed by atoms with Crippen LogP contribution in [0.4, 0.5) is 5.82 Å². The van der Waals surface area contributed by atoms with Crippen LogP contribution < -0.4 is 5.32 Å². The van der Waals surface area contributed by atoms with Crippen molar-refractivity contribution in [2.45, 2.75) is 12.8 Å². The minimum Gasteiger partial charge on any atom is -0.507 e. The highest BCUT2D eigenvalue weighted by Gasteiger charge is 2.29. The number of hydrogen-bond donors (Lipinski definition) is 2. The number of rotatable bonds is 3. The molecule has 0 bridgehead atoms. The fourth-order valence-corrected chi connectivity index (χ4v) is 2.86. The van der Waals surface area contributed by atoms with Crippen molar-refractivity contribution in [1.82, 2.24) is 4.98 Å². The number of aromatic hydroxyl groups is 1. The van der Waals surface area contributed by atoms with E-state index in [-0.39, 0.29) is 17.6 Å². The Kier molecular flexibility index (Phi) is 3.62. The van der Waals surface area contributed by atoms with Crippen LogP contribution in [0.15, 0.2) is 48.7 Å². The van der Waals surface area contributed by atoms with Crippen LogP contribution >= 0.6 is 11.6 Å². The molecule has 3 aromatic rings. The minimum absolute atomic E-state index is 0.0438. The van der Waals surface area contributed by atoms with Gasteiger partial charge in [0.05, 0.1) is 0 Å². The monoisotopic (exact) mass is 338 g/mol. The summed E-state index contributed by atoms with van der Waals surface area (Å²) in [6.45, 7) is 0. The predicted octanol–water partition coefficient (Wildman–Crippen LogP) is 4.61. The molecule has 1 aromatic heterocycles. The summed E-state index contributed by atoms with van der Waals surface area (Å²) in [7, 11) is 0. The number of amides is 1. The summed E-state index contributed by atoms with van der Waals surface area (Å²) in [6, 6.07) is 12.6. The van der Waals surface area contributed by atoms with Gasteiger partial charge in [0.2, 0.25) is 5.91 Å². The molecule has 1 aliphatic rings. The quantitative estimate of drug-likeness (QED) is 0.733. The Morgan fingerprint density at radius 1 is 1.12 bits per heavy atom. The lowest BCUT2D eigenvalue weighted by atomic mass is 10.0. The number of aromatic nitrogens is 1. The lowest BCUT2D eigenvalue weighted by Gasteiger charge is -2.08. The van der Waals surface area contributed by atoms with Crippen LogP contribution in [0.3, 0.4) is 0 Å². The fraction of sp³-hybridized carbons (Fsp3) is 0.158. The van der Waals surface area contributed by atoms with E-state index in [2.05, 4.69) is 10.3 Å². The predicted molar refractivity (Wildman–Crippen MR) is 95.2 cm³/mol. The van der Waals surface area contributed by atoms with Gasteiger partial charge in [0, 0.05) is 28.1 Å². The number of fused-ring (bicyclic) bond motifs is 1. The fourth-order valence-electron chi connectivity index (χ4n) is 2.69. The highest BCUT2D eigenvalue weighted by molar-refractivity contribution is 6.31. The van der Waals surface area contributed by atoms with E-state index in [9.17, 15) is 9.90 Å². The zero-order valence-electron chi connectivity index (χ0n) is 12.8. The van der Waals surface area contributed by atoms with Crippen molar-refractivity contribution in [3.8, 4) is 16.9 Å². The molecule has 0 unspecified atom stereocenters. The van der Waals surface area contributed by atoms with E-state index >= 15 is 0 Å². The van der Waals surface area contributed by atoms with Crippen molar-refractivity contribution >= 4 is 34.1 Å². The maximum Gasteiger partial charge on any atom is 0.228 e. The standard InChI is InChI=1S/C19H15ClN2O2/c20-15-5-6-17(23)16(9-15)13-4-3-12-8-18(21-10-14(12)7-13)22-19(24)11-1-2-11/h3-11,23H,1-2H2,(H,21,22,24). The normalized spacial score (nSPS) is 13.9. The van der Waals surface area contributed by atoms with Gasteiger partial charge in [-0.25, -0.2) is 4.98 Å². The summed E-state index contributed by atoms with van der Waals surface area (Å²) in [5.74, 6) is 0.941. The zero-order chi connectivity index (χ0) is 16.7. The second-order valence-corrected chi connectivity index (χ2v) is 6.49. The molecule has 1 saturated carbocycles. The number of pyridine rings is 1. The molecule has 2 N–H and O–H groups in total. The molecule has 1 amide bonds. The molecule has 0 radical (unpaired) electrons. The number of benzene rings is 2. The van der Waals surface area contributed by atoms with Crippen LogP contribution in [0.25, 0.3) is 21.9 Å². The van der Waals surface area contributed by atoms with Gasteiger partial charge in [-0.15, -0.1) is 0 Å². The highest BCUT2D eigenvalue weighted by Crippen LogP contribution is 2.34. The summed E-state index contributed by atoms with van der Waals surface area (Å²) >= 11 is 6.02. The number of phenols is 1. The van der Waals surface area contributed by atoms with E-state index < -0.39 is 0 Å². The van der Waals surface area contributed by atoms with Crippen molar-refractivity contribution in [2.24, 2.45) is 5.92 Å². The Labute approximate surface area is 144 Å². The zero-order valence-corrected chi connectivity index (χ0v) is 13.5. The molecule has 5 heteroatoms. The number of phenolic OH excluding ortho intramolecular Hbond substituents is 1. The maximum atomic E-state index is 11.8. The van der Waals surface area contributed by atoms with Gasteiger partial charge in [-0.05, 0) is 54.1 Å². The van der Waals surface area contributed by atoms with Gasteiger partial charge in [0.15, 0.2) is 0 Å². The van der Waals surface area contributed by atoms with E-state index in [1.54, 1.807) is 24.4 Å². The summed E-state index contributed by atoms with van der Waals surface area (Å²) in [5.41, 5.74) is 1.54. The maximum absolute atomic E-state index is 11.8. The number of carbonyl (C=O) groups excluding carboxylic acids is 1. The molecule has 4 nitrogen and oxygen atoms in total. The molecule has 1 fully saturated rings. The van der Waals surface area contributed by atoms with Gasteiger partial charge < -0.3 is 10.4 Å². The lowest BCUT2D eigenvalue weighted by molar-refractivity contribution is -0.117. The van der Waals surface area contributed by atoms with Gasteiger partial charge in [-0.1, -0.05) is 23.7 Å². The molecule has 24 heavy (non-hydrogen) atoms. The Balaban J connectivity index is 1.68. The van der Waals surface area contributed by atoms with Gasteiger partial charge >= 0.3 is 0 Å². The third-order valence-electron chi connectivity index (χ3n) is 4.19. The van der Waals surface area contributed by atoms with Crippen LogP contribution in [-0.2, 0) is 4.79 Å². The van der Waals surface area contributed by atoms with Gasteiger partial charge in [0.25, 0.3) is 0 Å². The van der Waals surface area contributed by atoms with Crippen LogP contribution in [0.2, 0.25) is 5.02 Å². The average Bonchev–Trinajstić information content (AvgIpc) is 3.42. The number of anilines is 1. The second-order valence-electron chi connectivity index (χ2n) is 6.06. The Hall–Kier alpha value is -2.59. The number of nitrogens with one attached hydrogen (secondary N) is 1. The molecule has 0 saturated heterocycles. The van der Waals surface area contributed by atoms with Crippen molar-refractivity contribution in [2.75, 3.05) is 5.32 Å². The Bertz CT molecular complexity index is 951. The molecular weight excluding hydrogens is 324 g/mol. The topological polar surface area (TPSA) is 62.2 Å². The average molecular weight is 339 g/mol. The molecule has 4 rings (SSSR count). The largest absolute Gasteiger partial charge is 0.507 e.